The summed E-state index contributed by atoms with van der Waals surface area (Å²) in [4.78, 5) is 0. The Hall–Kier alpha value is -1.40. The molecule has 0 nitrogen and oxygen atoms in total. The van der Waals surface area contributed by atoms with E-state index in [0.717, 1.165) is 0 Å². The lowest BCUT2D eigenvalue weighted by Crippen LogP contribution is -2.06. The molecule has 0 aromatic heterocycles. The highest BCUT2D eigenvalue weighted by molar-refractivity contribution is 14.1. The largest absolute Gasteiger partial charge is 0.0440 e. The minimum Gasteiger partial charge on any atom is -0.0440 e. The summed E-state index contributed by atoms with van der Waals surface area (Å²) in [6, 6.07) is 0. The summed E-state index contributed by atoms with van der Waals surface area (Å²) in [5.41, 5.74) is 14.5. The first-order valence-corrected chi connectivity index (χ1v) is 14.3. The Morgan fingerprint density at radius 3 is 1.00 bits per heavy atom. The zero-order valence-electron chi connectivity index (χ0n) is 21.8. The van der Waals surface area contributed by atoms with Gasteiger partial charge in [-0.15, -0.1) is 0 Å². The van der Waals surface area contributed by atoms with Gasteiger partial charge in [-0.25, -0.2) is 0 Å². The summed E-state index contributed by atoms with van der Waals surface area (Å²) in [5.74, 6) is 0. The van der Waals surface area contributed by atoms with Crippen molar-refractivity contribution in [3.8, 4) is 0 Å². The molecule has 0 amide bonds. The topological polar surface area (TPSA) is 0 Å². The average Bonchev–Trinajstić information content (AvgIpc) is 2.79. The van der Waals surface area contributed by atoms with Crippen molar-refractivity contribution in [1.29, 1.82) is 0 Å². The molecule has 0 bridgehead atoms. The molecule has 0 aliphatic heterocycles. The van der Waals surface area contributed by atoms with Crippen molar-refractivity contribution in [1.82, 2.24) is 0 Å². The van der Waals surface area contributed by atoms with E-state index in [0.29, 0.717) is 0 Å². The zero-order valence-corrected chi connectivity index (χ0v) is 26.1. The van der Waals surface area contributed by atoms with Gasteiger partial charge in [0.15, 0.2) is 0 Å². The lowest BCUT2D eigenvalue weighted by atomic mass is 9.76. The smallest absolute Gasteiger partial charge is 0.0293 e. The SMILES string of the molecule is Cc1c(C)c2c(C)c(C)c3c(C)c4c(I)c(C)c(C)c5c(C)c(C)c6c(I)c(c1C)c2c3c6c54. The first kappa shape index (κ1) is 23.0. The van der Waals surface area contributed by atoms with Crippen LogP contribution >= 0.6 is 45.2 Å². The fraction of sp³-hybridized carbons (Fsp3) is 0.312. The van der Waals surface area contributed by atoms with Gasteiger partial charge in [0.1, 0.15) is 0 Å². The van der Waals surface area contributed by atoms with Crippen LogP contribution < -0.4 is 0 Å². The lowest BCUT2D eigenvalue weighted by Gasteiger charge is -2.29. The number of hydrogen-bond acceptors (Lipinski definition) is 0. The van der Waals surface area contributed by atoms with Crippen molar-refractivity contribution in [2.24, 2.45) is 0 Å². The van der Waals surface area contributed by atoms with E-state index in [-0.39, 0.29) is 0 Å². The Morgan fingerprint density at radius 1 is 0.235 bits per heavy atom. The van der Waals surface area contributed by atoms with Crippen molar-refractivity contribution in [2.45, 2.75) is 69.2 Å². The van der Waals surface area contributed by atoms with Crippen molar-refractivity contribution in [3.05, 3.63) is 62.8 Å². The van der Waals surface area contributed by atoms with E-state index in [1.54, 1.807) is 0 Å². The second kappa shape index (κ2) is 7.09. The number of rotatable bonds is 0. The molecule has 6 aromatic rings. The molecule has 2 heteroatoms. The summed E-state index contributed by atoms with van der Waals surface area (Å²) >= 11 is 5.29. The van der Waals surface area contributed by atoms with Crippen LogP contribution in [0.25, 0.3) is 53.9 Å². The van der Waals surface area contributed by atoms with Crippen LogP contribution in [0.3, 0.4) is 0 Å². The van der Waals surface area contributed by atoms with Crippen LogP contribution in [0.15, 0.2) is 0 Å². The number of halogens is 2. The molecule has 0 heterocycles. The molecule has 0 spiro atoms. The summed E-state index contributed by atoms with van der Waals surface area (Å²) in [6.45, 7) is 23.4. The zero-order chi connectivity index (χ0) is 24.7. The molecule has 0 unspecified atom stereocenters. The van der Waals surface area contributed by atoms with Gasteiger partial charge in [-0.3, -0.25) is 0 Å². The van der Waals surface area contributed by atoms with E-state index >= 15 is 0 Å². The van der Waals surface area contributed by atoms with Crippen LogP contribution in [0.1, 0.15) is 55.6 Å². The van der Waals surface area contributed by atoms with Gasteiger partial charge >= 0.3 is 0 Å². The third kappa shape index (κ3) is 2.36. The minimum atomic E-state index is 1.42. The van der Waals surface area contributed by atoms with Gasteiger partial charge in [-0.05, 0) is 202 Å². The maximum Gasteiger partial charge on any atom is 0.0293 e. The van der Waals surface area contributed by atoms with Crippen LogP contribution in [0, 0.1) is 76.4 Å². The summed E-state index contributed by atoms with van der Waals surface area (Å²) in [7, 11) is 0. The molecule has 34 heavy (non-hydrogen) atoms. The fourth-order valence-corrected chi connectivity index (χ4v) is 9.48. The molecule has 0 saturated heterocycles. The van der Waals surface area contributed by atoms with Gasteiger partial charge in [0, 0.05) is 28.7 Å². The highest BCUT2D eigenvalue weighted by atomic mass is 127. The Balaban J connectivity index is 2.23. The van der Waals surface area contributed by atoms with Crippen LogP contribution in [0.4, 0.5) is 0 Å². The van der Waals surface area contributed by atoms with E-state index in [2.05, 4.69) is 114 Å². The van der Waals surface area contributed by atoms with Gasteiger partial charge in [-0.1, -0.05) is 0 Å². The first-order valence-electron chi connectivity index (χ1n) is 12.1. The van der Waals surface area contributed by atoms with Crippen molar-refractivity contribution < 1.29 is 0 Å². The lowest BCUT2D eigenvalue weighted by molar-refractivity contribution is 1.29. The monoisotopic (exact) mass is 668 g/mol. The molecule has 0 N–H and O–H groups in total. The van der Waals surface area contributed by atoms with Gasteiger partial charge in [0.05, 0.1) is 0 Å². The van der Waals surface area contributed by atoms with E-state index in [1.165, 1.54) is 117 Å². The minimum absolute atomic E-state index is 1.42. The molecule has 0 aliphatic carbocycles. The number of aryl methyl sites for hydroxylation is 8. The van der Waals surface area contributed by atoms with Crippen LogP contribution in [0.5, 0.6) is 0 Å². The third-order valence-corrected chi connectivity index (χ3v) is 11.9. The fourth-order valence-electron chi connectivity index (χ4n) is 7.05. The number of hydrogen-bond donors (Lipinski definition) is 0. The third-order valence-electron chi connectivity index (χ3n) is 9.43. The highest BCUT2D eigenvalue weighted by Gasteiger charge is 2.29. The van der Waals surface area contributed by atoms with E-state index < -0.39 is 0 Å². The Kier molecular flexibility index (Phi) is 4.80. The summed E-state index contributed by atoms with van der Waals surface area (Å²) in [6.07, 6.45) is 0. The Morgan fingerprint density at radius 2 is 0.500 bits per heavy atom. The second-order valence-electron chi connectivity index (χ2n) is 10.6. The summed E-state index contributed by atoms with van der Waals surface area (Å²) < 4.78 is 2.85. The van der Waals surface area contributed by atoms with E-state index in [9.17, 15) is 0 Å². The standard InChI is InChI=1S/C32H30I2/c1-11-12(2)21-14(4)15(5)23-20(10)26-28-22(18(8)19(9)31(26)33)16(6)17(7)25-30(28)29(23)27(21)24(13(11)3)32(25)34/h1-10H3. The maximum absolute atomic E-state index is 2.67. The Labute approximate surface area is 229 Å². The van der Waals surface area contributed by atoms with Gasteiger partial charge < -0.3 is 0 Å². The molecular weight excluding hydrogens is 638 g/mol. The molecular formula is C32H30I2. The van der Waals surface area contributed by atoms with Gasteiger partial charge in [-0.2, -0.15) is 0 Å². The second-order valence-corrected chi connectivity index (χ2v) is 12.8. The predicted molar refractivity (Wildman–Crippen MR) is 169 cm³/mol. The normalized spacial score (nSPS) is 12.7. The quantitative estimate of drug-likeness (QED) is 0.0859. The molecule has 0 fully saturated rings. The van der Waals surface area contributed by atoms with Gasteiger partial charge in [0.2, 0.25) is 0 Å². The maximum atomic E-state index is 2.67. The molecule has 0 saturated carbocycles. The van der Waals surface area contributed by atoms with Crippen LogP contribution in [-0.2, 0) is 0 Å². The summed E-state index contributed by atoms with van der Waals surface area (Å²) in [5, 5.41) is 14.9. The van der Waals surface area contributed by atoms with Gasteiger partial charge in [0.25, 0.3) is 0 Å². The van der Waals surface area contributed by atoms with E-state index in [1.807, 2.05) is 0 Å². The molecule has 172 valence electrons. The first-order chi connectivity index (χ1) is 15.9. The van der Waals surface area contributed by atoms with Crippen LogP contribution in [0.2, 0.25) is 0 Å². The predicted octanol–water partition coefficient (Wildman–Crippen LogP) is 10.6. The molecule has 0 radical (unpaired) electrons. The van der Waals surface area contributed by atoms with E-state index in [4.69, 9.17) is 0 Å². The molecule has 0 aliphatic rings. The van der Waals surface area contributed by atoms with Crippen molar-refractivity contribution in [3.63, 3.8) is 0 Å². The Bertz CT molecular complexity index is 1760. The molecule has 0 atom stereocenters. The molecule has 6 aromatic carbocycles. The molecule has 6 rings (SSSR count). The average molecular weight is 668 g/mol. The van der Waals surface area contributed by atoms with Crippen molar-refractivity contribution in [2.75, 3.05) is 0 Å². The van der Waals surface area contributed by atoms with Crippen molar-refractivity contribution >= 4 is 99.0 Å². The van der Waals surface area contributed by atoms with Crippen LogP contribution in [-0.4, -0.2) is 0 Å². The number of benzene rings is 6. The highest BCUT2D eigenvalue weighted by Crippen LogP contribution is 2.54.